The van der Waals surface area contributed by atoms with Gasteiger partial charge in [0.25, 0.3) is 5.91 Å². The summed E-state index contributed by atoms with van der Waals surface area (Å²) in [6.45, 7) is 0.110. The van der Waals surface area contributed by atoms with Crippen molar-refractivity contribution >= 4 is 47.0 Å². The van der Waals surface area contributed by atoms with E-state index in [-0.39, 0.29) is 12.5 Å². The molecule has 3 aromatic rings. The first-order valence-corrected chi connectivity index (χ1v) is 8.27. The molecule has 0 saturated carbocycles. The Hall–Kier alpha value is -2.42. The average molecular weight is 396 g/mol. The fraction of sp³-hybridized carbons (Fsp3) is 0.0667. The van der Waals surface area contributed by atoms with Crippen LogP contribution in [0.2, 0.25) is 10.0 Å². The molecule has 10 heteroatoms. The molecule has 0 aliphatic rings. The van der Waals surface area contributed by atoms with E-state index < -0.39 is 0 Å². The summed E-state index contributed by atoms with van der Waals surface area (Å²) in [5.74, 6) is 6.06. The van der Waals surface area contributed by atoms with Crippen molar-refractivity contribution in [3.05, 3.63) is 57.5 Å². The van der Waals surface area contributed by atoms with Crippen LogP contribution in [0.5, 0.6) is 0 Å². The molecular weight excluding hydrogens is 383 g/mol. The fourth-order valence-electron chi connectivity index (χ4n) is 2.17. The van der Waals surface area contributed by atoms with Gasteiger partial charge in [0.05, 0.1) is 10.7 Å². The number of nitrogens with zero attached hydrogens (tertiary/aromatic N) is 3. The van der Waals surface area contributed by atoms with E-state index in [9.17, 15) is 4.79 Å². The van der Waals surface area contributed by atoms with Crippen molar-refractivity contribution in [1.29, 1.82) is 0 Å². The van der Waals surface area contributed by atoms with E-state index in [1.165, 1.54) is 4.68 Å². The first-order valence-electron chi connectivity index (χ1n) is 7.11. The molecule has 0 unspecified atom stereocenters. The normalized spacial score (nSPS) is 10.6. The summed E-state index contributed by atoms with van der Waals surface area (Å²) in [6, 6.07) is 8.45. The van der Waals surface area contributed by atoms with Gasteiger partial charge in [0.15, 0.2) is 18.2 Å². The minimum absolute atomic E-state index is 0.110. The van der Waals surface area contributed by atoms with Gasteiger partial charge in [-0.25, -0.2) is 9.77 Å². The highest BCUT2D eigenvalue weighted by atomic mass is 35.5. The molecule has 0 radical (unpaired) electrons. The number of nitrogen functional groups attached to an aromatic ring is 1. The Kier molecular flexibility index (Phi) is 5.03. The minimum atomic E-state index is -0.233. The van der Waals surface area contributed by atoms with Gasteiger partial charge in [0.2, 0.25) is 11.3 Å². The third kappa shape index (κ3) is 3.98. The first-order chi connectivity index (χ1) is 11.9. The van der Waals surface area contributed by atoms with Crippen molar-refractivity contribution in [2.24, 2.45) is 0 Å². The number of amides is 1. The van der Waals surface area contributed by atoms with Crippen LogP contribution in [0.1, 0.15) is 0 Å². The number of halogens is 2. The lowest BCUT2D eigenvalue weighted by Gasteiger charge is -2.06. The number of hydrogen-bond donors (Lipinski definition) is 3. The van der Waals surface area contributed by atoms with E-state index >= 15 is 0 Å². The number of carbonyl (C=O) groups excluding carboxylic acids is 1. The maximum Gasteiger partial charge on any atom is 0.290 e. The molecule has 2 heterocycles. The van der Waals surface area contributed by atoms with Crippen molar-refractivity contribution in [2.45, 2.75) is 6.54 Å². The lowest BCUT2D eigenvalue weighted by Crippen LogP contribution is -2.39. The van der Waals surface area contributed by atoms with Gasteiger partial charge in [-0.2, -0.15) is 9.67 Å². The van der Waals surface area contributed by atoms with Gasteiger partial charge in [-0.1, -0.05) is 23.2 Å². The van der Waals surface area contributed by atoms with Crippen LogP contribution in [-0.2, 0) is 11.3 Å². The van der Waals surface area contributed by atoms with Crippen LogP contribution < -0.4 is 15.7 Å². The van der Waals surface area contributed by atoms with Crippen molar-refractivity contribution in [2.75, 3.05) is 11.2 Å². The highest BCUT2D eigenvalue weighted by Crippen LogP contribution is 2.25. The number of aromatic nitrogens is 4. The molecule has 7 nitrogen and oxygen atoms in total. The van der Waals surface area contributed by atoms with Crippen LogP contribution >= 0.6 is 35.4 Å². The van der Waals surface area contributed by atoms with Crippen molar-refractivity contribution in [3.63, 3.8) is 0 Å². The Bertz CT molecular complexity index is 982. The topological polar surface area (TPSA) is 92.6 Å². The Balaban J connectivity index is 1.71. The van der Waals surface area contributed by atoms with E-state index in [2.05, 4.69) is 15.5 Å². The molecule has 2 aromatic heterocycles. The second-order valence-corrected chi connectivity index (χ2v) is 6.38. The minimum Gasteiger partial charge on any atom is -0.335 e. The molecule has 0 atom stereocenters. The van der Waals surface area contributed by atoms with Gasteiger partial charge in [0.1, 0.15) is 0 Å². The number of carbonyl (C=O) groups is 1. The molecule has 0 aliphatic carbocycles. The first kappa shape index (κ1) is 17.4. The smallest absolute Gasteiger partial charge is 0.290 e. The quantitative estimate of drug-likeness (QED) is 0.359. The fourth-order valence-corrected chi connectivity index (χ4v) is 2.64. The Morgan fingerprint density at radius 1 is 1.32 bits per heavy atom. The Morgan fingerprint density at radius 2 is 2.04 bits per heavy atom. The lowest BCUT2D eigenvalue weighted by atomic mass is 10.2. The van der Waals surface area contributed by atoms with Gasteiger partial charge in [-0.15, -0.1) is 0 Å². The lowest BCUT2D eigenvalue weighted by molar-refractivity contribution is -0.684. The Morgan fingerprint density at radius 3 is 2.68 bits per heavy atom. The maximum absolute atomic E-state index is 12.2. The number of H-pyrrole nitrogens is 1. The second-order valence-electron chi connectivity index (χ2n) is 5.15. The molecule has 1 amide bonds. The highest BCUT2D eigenvalue weighted by molar-refractivity contribution is 7.71. The Labute approximate surface area is 158 Å². The van der Waals surface area contributed by atoms with Crippen molar-refractivity contribution in [3.8, 4) is 11.4 Å². The van der Waals surface area contributed by atoms with Gasteiger partial charge in [0, 0.05) is 22.7 Å². The summed E-state index contributed by atoms with van der Waals surface area (Å²) in [5.41, 5.74) is 1.24. The van der Waals surface area contributed by atoms with Crippen molar-refractivity contribution < 1.29 is 9.36 Å². The zero-order valence-corrected chi connectivity index (χ0v) is 15.1. The summed E-state index contributed by atoms with van der Waals surface area (Å²) >= 11 is 16.9. The van der Waals surface area contributed by atoms with Gasteiger partial charge in [-0.05, 0) is 30.4 Å². The van der Waals surface area contributed by atoms with E-state index in [0.29, 0.717) is 26.3 Å². The average Bonchev–Trinajstić information content (AvgIpc) is 2.91. The largest absolute Gasteiger partial charge is 0.335 e. The second kappa shape index (κ2) is 7.22. The van der Waals surface area contributed by atoms with Crippen LogP contribution in [0.25, 0.3) is 11.4 Å². The predicted molar refractivity (Wildman–Crippen MR) is 98.3 cm³/mol. The third-order valence-corrected chi connectivity index (χ3v) is 4.24. The molecule has 0 aliphatic heterocycles. The number of pyridine rings is 1. The van der Waals surface area contributed by atoms with Crippen molar-refractivity contribution in [1.82, 2.24) is 14.9 Å². The molecule has 128 valence electrons. The van der Waals surface area contributed by atoms with Crippen LogP contribution in [0.15, 0.2) is 42.7 Å². The van der Waals surface area contributed by atoms with Crippen LogP contribution in [0, 0.1) is 4.77 Å². The summed E-state index contributed by atoms with van der Waals surface area (Å²) in [5, 5.41) is 10.3. The van der Waals surface area contributed by atoms with Crippen LogP contribution in [0.4, 0.5) is 5.69 Å². The number of rotatable bonds is 4. The summed E-state index contributed by atoms with van der Waals surface area (Å²) < 4.78 is 3.31. The van der Waals surface area contributed by atoms with Crippen LogP contribution in [0.3, 0.4) is 0 Å². The molecule has 3 rings (SSSR count). The zero-order valence-electron chi connectivity index (χ0n) is 12.7. The number of anilines is 1. The number of benzene rings is 1. The number of hydrogen-bond acceptors (Lipinski definition) is 4. The number of nitrogens with one attached hydrogen (secondary N) is 2. The van der Waals surface area contributed by atoms with Gasteiger partial charge < -0.3 is 11.2 Å². The van der Waals surface area contributed by atoms with E-state index in [1.807, 2.05) is 0 Å². The molecular formula is C15H13Cl2N6OS+. The summed E-state index contributed by atoms with van der Waals surface area (Å²) in [7, 11) is 0. The molecule has 0 saturated heterocycles. The molecule has 0 fully saturated rings. The van der Waals surface area contributed by atoms with Gasteiger partial charge >= 0.3 is 0 Å². The SMILES string of the molecule is Nn1c(-c2cc[n+](CC(=O)Nc3cc(Cl)ccc3Cl)cc2)n[nH]c1=S. The molecule has 25 heavy (non-hydrogen) atoms. The summed E-state index contributed by atoms with van der Waals surface area (Å²) in [4.78, 5) is 12.2. The highest BCUT2D eigenvalue weighted by Gasteiger charge is 2.13. The van der Waals surface area contributed by atoms with E-state index in [4.69, 9.17) is 41.3 Å². The number of nitrogens with two attached hydrogens (primary N) is 1. The molecule has 4 N–H and O–H groups in total. The third-order valence-electron chi connectivity index (χ3n) is 3.38. The van der Waals surface area contributed by atoms with E-state index in [1.54, 1.807) is 47.3 Å². The molecule has 0 spiro atoms. The standard InChI is InChI=1S/C15H12Cl2N6OS/c16-10-1-2-11(17)12(7-10)19-13(24)8-22-5-3-9(4-6-22)14-20-21-15(25)23(14)18/h1-7H,8,18H2,(H,19,24)/p+1. The maximum atomic E-state index is 12.2. The molecule has 1 aromatic carbocycles. The molecule has 0 bridgehead atoms. The van der Waals surface area contributed by atoms with Gasteiger partial charge in [-0.3, -0.25) is 4.79 Å². The van der Waals surface area contributed by atoms with Crippen LogP contribution in [-0.4, -0.2) is 20.8 Å². The number of aromatic amines is 1. The summed E-state index contributed by atoms with van der Waals surface area (Å²) in [6.07, 6.45) is 3.48. The predicted octanol–water partition coefficient (Wildman–Crippen LogP) is 2.55. The zero-order chi connectivity index (χ0) is 18.0. The van der Waals surface area contributed by atoms with E-state index in [0.717, 1.165) is 5.56 Å². The monoisotopic (exact) mass is 395 g/mol.